The lowest BCUT2D eigenvalue weighted by molar-refractivity contribution is 0.208. The van der Waals surface area contributed by atoms with Crippen molar-refractivity contribution in [3.8, 4) is 0 Å². The highest BCUT2D eigenvalue weighted by Crippen LogP contribution is 2.23. The molecule has 1 fully saturated rings. The van der Waals surface area contributed by atoms with E-state index in [2.05, 4.69) is 24.4 Å². The molecule has 0 bridgehead atoms. The minimum atomic E-state index is 0.432. The SMILES string of the molecule is CC(NC1CC1)C1=C/CCCCC/C(OCCN)=C\1. The van der Waals surface area contributed by atoms with Crippen LogP contribution in [0.1, 0.15) is 51.9 Å². The molecule has 3 nitrogen and oxygen atoms in total. The molecule has 0 amide bonds. The van der Waals surface area contributed by atoms with Crippen LogP contribution in [0.25, 0.3) is 0 Å². The smallest absolute Gasteiger partial charge is 0.0999 e. The lowest BCUT2D eigenvalue weighted by Crippen LogP contribution is -2.29. The molecule has 108 valence electrons. The van der Waals surface area contributed by atoms with Crippen LogP contribution >= 0.6 is 0 Å². The number of rotatable bonds is 6. The maximum atomic E-state index is 5.79. The molecular formula is C16H28N2O. The number of allylic oxidation sites excluding steroid dienone is 2. The minimum absolute atomic E-state index is 0.432. The Morgan fingerprint density at radius 1 is 1.37 bits per heavy atom. The van der Waals surface area contributed by atoms with Gasteiger partial charge < -0.3 is 15.8 Å². The van der Waals surface area contributed by atoms with Gasteiger partial charge in [-0.3, -0.25) is 0 Å². The molecule has 2 aliphatic carbocycles. The van der Waals surface area contributed by atoms with Gasteiger partial charge in [-0.25, -0.2) is 0 Å². The van der Waals surface area contributed by atoms with Crippen molar-refractivity contribution in [3.63, 3.8) is 0 Å². The van der Waals surface area contributed by atoms with Crippen molar-refractivity contribution < 1.29 is 4.74 Å². The standard InChI is InChI=1S/C16H28N2O/c1-13(18-15-8-9-15)14-6-4-2-3-5-7-16(12-14)19-11-10-17/h6,12-13,15,18H,2-5,7-11,17H2,1H3/b14-6+,16-12+. The number of nitrogens with two attached hydrogens (primary N) is 1. The summed E-state index contributed by atoms with van der Waals surface area (Å²) in [6.07, 6.45) is 13.3. The fourth-order valence-electron chi connectivity index (χ4n) is 2.51. The van der Waals surface area contributed by atoms with E-state index in [0.29, 0.717) is 19.2 Å². The van der Waals surface area contributed by atoms with Crippen LogP contribution < -0.4 is 11.1 Å². The van der Waals surface area contributed by atoms with Crippen molar-refractivity contribution in [2.75, 3.05) is 13.2 Å². The highest BCUT2D eigenvalue weighted by molar-refractivity contribution is 5.27. The first-order chi connectivity index (χ1) is 9.29. The topological polar surface area (TPSA) is 47.3 Å². The van der Waals surface area contributed by atoms with Crippen LogP contribution in [0, 0.1) is 0 Å². The zero-order valence-corrected chi connectivity index (χ0v) is 12.2. The third kappa shape index (κ3) is 5.37. The van der Waals surface area contributed by atoms with Crippen molar-refractivity contribution in [1.29, 1.82) is 0 Å². The molecule has 0 radical (unpaired) electrons. The largest absolute Gasteiger partial charge is 0.497 e. The molecular weight excluding hydrogens is 236 g/mol. The van der Waals surface area contributed by atoms with Gasteiger partial charge in [0.1, 0.15) is 0 Å². The molecule has 2 aliphatic rings. The van der Waals surface area contributed by atoms with E-state index in [4.69, 9.17) is 10.5 Å². The van der Waals surface area contributed by atoms with Gasteiger partial charge in [0.05, 0.1) is 12.4 Å². The first-order valence-electron chi connectivity index (χ1n) is 7.79. The third-order valence-corrected chi connectivity index (χ3v) is 3.80. The molecule has 0 heterocycles. The van der Waals surface area contributed by atoms with Crippen molar-refractivity contribution >= 4 is 0 Å². The number of hydrogen-bond donors (Lipinski definition) is 2. The Kier molecular flexibility index (Phi) is 5.93. The summed E-state index contributed by atoms with van der Waals surface area (Å²) in [5.41, 5.74) is 6.93. The van der Waals surface area contributed by atoms with E-state index in [1.807, 2.05) is 0 Å². The van der Waals surface area contributed by atoms with Crippen molar-refractivity contribution in [2.24, 2.45) is 5.73 Å². The van der Waals surface area contributed by atoms with Gasteiger partial charge in [-0.2, -0.15) is 0 Å². The molecule has 0 aromatic carbocycles. The van der Waals surface area contributed by atoms with E-state index in [1.165, 1.54) is 44.1 Å². The second-order valence-electron chi connectivity index (χ2n) is 5.71. The second-order valence-corrected chi connectivity index (χ2v) is 5.71. The molecule has 3 N–H and O–H groups in total. The van der Waals surface area contributed by atoms with Crippen molar-refractivity contribution in [3.05, 3.63) is 23.5 Å². The highest BCUT2D eigenvalue weighted by atomic mass is 16.5. The van der Waals surface area contributed by atoms with Crippen LogP contribution in [0.15, 0.2) is 23.5 Å². The average molecular weight is 264 g/mol. The van der Waals surface area contributed by atoms with Crippen LogP contribution in [0.5, 0.6) is 0 Å². The fraction of sp³-hybridized carbons (Fsp3) is 0.750. The van der Waals surface area contributed by atoms with Gasteiger partial charge in [0.25, 0.3) is 0 Å². The van der Waals surface area contributed by atoms with Gasteiger partial charge in [0.2, 0.25) is 0 Å². The quantitative estimate of drug-likeness (QED) is 0.775. The predicted octanol–water partition coefficient (Wildman–Crippen LogP) is 2.88. The van der Waals surface area contributed by atoms with Crippen LogP contribution in [0.2, 0.25) is 0 Å². The summed E-state index contributed by atoms with van der Waals surface area (Å²) >= 11 is 0. The molecule has 19 heavy (non-hydrogen) atoms. The molecule has 0 spiro atoms. The molecule has 0 aromatic heterocycles. The first kappa shape index (κ1) is 14.6. The van der Waals surface area contributed by atoms with E-state index in [1.54, 1.807) is 0 Å². The zero-order valence-electron chi connectivity index (χ0n) is 12.2. The third-order valence-electron chi connectivity index (χ3n) is 3.80. The van der Waals surface area contributed by atoms with E-state index in [9.17, 15) is 0 Å². The Bertz CT molecular complexity index is 328. The van der Waals surface area contributed by atoms with E-state index in [0.717, 1.165) is 18.2 Å². The molecule has 1 saturated carbocycles. The van der Waals surface area contributed by atoms with Gasteiger partial charge >= 0.3 is 0 Å². The average Bonchev–Trinajstić information content (AvgIpc) is 3.19. The zero-order chi connectivity index (χ0) is 13.5. The number of nitrogens with one attached hydrogen (secondary N) is 1. The van der Waals surface area contributed by atoms with Gasteiger partial charge in [-0.05, 0) is 50.7 Å². The van der Waals surface area contributed by atoms with Crippen molar-refractivity contribution in [1.82, 2.24) is 5.32 Å². The van der Waals surface area contributed by atoms with Crippen LogP contribution in [-0.2, 0) is 4.74 Å². The summed E-state index contributed by atoms with van der Waals surface area (Å²) in [7, 11) is 0. The van der Waals surface area contributed by atoms with E-state index < -0.39 is 0 Å². The molecule has 0 aromatic rings. The molecule has 2 rings (SSSR count). The normalized spacial score (nSPS) is 28.1. The number of hydrogen-bond acceptors (Lipinski definition) is 3. The van der Waals surface area contributed by atoms with Gasteiger partial charge in [-0.15, -0.1) is 0 Å². The van der Waals surface area contributed by atoms with E-state index >= 15 is 0 Å². The van der Waals surface area contributed by atoms with Crippen molar-refractivity contribution in [2.45, 2.75) is 64.0 Å². The van der Waals surface area contributed by atoms with E-state index in [-0.39, 0.29) is 0 Å². The van der Waals surface area contributed by atoms with Gasteiger partial charge in [0, 0.05) is 25.0 Å². The molecule has 0 saturated heterocycles. The monoisotopic (exact) mass is 264 g/mol. The van der Waals surface area contributed by atoms with Crippen LogP contribution in [0.3, 0.4) is 0 Å². The summed E-state index contributed by atoms with van der Waals surface area (Å²) in [5, 5.41) is 3.68. The Morgan fingerprint density at radius 3 is 2.95 bits per heavy atom. The van der Waals surface area contributed by atoms with Gasteiger partial charge in [0.15, 0.2) is 0 Å². The second kappa shape index (κ2) is 7.71. The fourth-order valence-corrected chi connectivity index (χ4v) is 2.51. The summed E-state index contributed by atoms with van der Waals surface area (Å²) in [6.45, 7) is 3.48. The summed E-state index contributed by atoms with van der Waals surface area (Å²) in [4.78, 5) is 0. The summed E-state index contributed by atoms with van der Waals surface area (Å²) in [5.74, 6) is 1.11. The molecule has 1 unspecified atom stereocenters. The minimum Gasteiger partial charge on any atom is -0.497 e. The molecule has 0 aliphatic heterocycles. The Balaban J connectivity index is 2.01. The van der Waals surface area contributed by atoms with Gasteiger partial charge in [-0.1, -0.05) is 12.5 Å². The van der Waals surface area contributed by atoms with Crippen LogP contribution in [0.4, 0.5) is 0 Å². The lowest BCUT2D eigenvalue weighted by Gasteiger charge is -2.17. The maximum Gasteiger partial charge on any atom is 0.0999 e. The number of ether oxygens (including phenoxy) is 1. The van der Waals surface area contributed by atoms with Crippen LogP contribution in [-0.4, -0.2) is 25.2 Å². The molecule has 1 atom stereocenters. The highest BCUT2D eigenvalue weighted by Gasteiger charge is 2.23. The summed E-state index contributed by atoms with van der Waals surface area (Å²) in [6, 6.07) is 1.17. The maximum absolute atomic E-state index is 5.79. The Morgan fingerprint density at radius 2 is 2.21 bits per heavy atom. The first-order valence-corrected chi connectivity index (χ1v) is 7.79. The Labute approximate surface area is 117 Å². The lowest BCUT2D eigenvalue weighted by atomic mass is 10.1. The Hall–Kier alpha value is -0.800. The predicted molar refractivity (Wildman–Crippen MR) is 79.9 cm³/mol. The summed E-state index contributed by atoms with van der Waals surface area (Å²) < 4.78 is 5.79. The molecule has 3 heteroatoms.